The van der Waals surface area contributed by atoms with Crippen molar-refractivity contribution in [2.45, 2.75) is 39.7 Å². The highest BCUT2D eigenvalue weighted by atomic mass is 19.1. The number of amides is 2. The Morgan fingerprint density at radius 1 is 1.26 bits per heavy atom. The number of halogens is 1. The van der Waals surface area contributed by atoms with Gasteiger partial charge in [-0.05, 0) is 43.9 Å². The molecule has 1 saturated carbocycles. The van der Waals surface area contributed by atoms with Crippen LogP contribution < -0.4 is 16.0 Å². The fourth-order valence-electron chi connectivity index (χ4n) is 2.06. The van der Waals surface area contributed by atoms with Gasteiger partial charge in [-0.3, -0.25) is 9.59 Å². The van der Waals surface area contributed by atoms with Gasteiger partial charge in [0.15, 0.2) is 0 Å². The van der Waals surface area contributed by atoms with Crippen LogP contribution in [-0.2, 0) is 9.59 Å². The summed E-state index contributed by atoms with van der Waals surface area (Å²) in [4.78, 5) is 23.7. The maximum atomic E-state index is 13.8. The second-order valence-electron chi connectivity index (χ2n) is 6.46. The van der Waals surface area contributed by atoms with E-state index in [4.69, 9.17) is 0 Å². The summed E-state index contributed by atoms with van der Waals surface area (Å²) >= 11 is 0. The molecule has 0 heterocycles. The summed E-state index contributed by atoms with van der Waals surface area (Å²) in [5.74, 6) is -0.371. The summed E-state index contributed by atoms with van der Waals surface area (Å²) in [5, 5.41) is 8.46. The molecule has 0 radical (unpaired) electrons. The van der Waals surface area contributed by atoms with E-state index >= 15 is 0 Å². The Morgan fingerprint density at radius 3 is 2.57 bits per heavy atom. The molecular weight excluding hydrogens is 297 g/mol. The number of nitrogens with one attached hydrogen (secondary N) is 3. The molecule has 126 valence electrons. The number of carbonyl (C=O) groups is 2. The smallest absolute Gasteiger partial charge is 0.242 e. The van der Waals surface area contributed by atoms with Crippen LogP contribution in [-0.4, -0.2) is 24.4 Å². The number of rotatable bonds is 7. The Bertz CT molecular complexity index is 585. The third kappa shape index (κ3) is 5.23. The lowest BCUT2D eigenvalue weighted by molar-refractivity contribution is -0.121. The number of hydrogen-bond donors (Lipinski definition) is 3. The molecule has 0 bridgehead atoms. The minimum absolute atomic E-state index is 0.00625. The standard InChI is InChI=1S/C17H24FN3O2/c1-10(2)9-19-16(22)11(3)20-13-6-7-14(18)15(8-13)21-17(23)12-4-5-12/h6-8,10-12,20H,4-5,9H2,1-3H3,(H,19,22)(H,21,23)/t11-/m1/s1. The maximum Gasteiger partial charge on any atom is 0.242 e. The van der Waals surface area contributed by atoms with E-state index in [1.807, 2.05) is 13.8 Å². The average Bonchev–Trinajstić information content (AvgIpc) is 3.32. The molecule has 1 aliphatic carbocycles. The van der Waals surface area contributed by atoms with Crippen molar-refractivity contribution < 1.29 is 14.0 Å². The highest BCUT2D eigenvalue weighted by molar-refractivity contribution is 5.94. The molecule has 0 saturated heterocycles. The minimum atomic E-state index is -0.485. The highest BCUT2D eigenvalue weighted by Gasteiger charge is 2.30. The zero-order valence-electron chi connectivity index (χ0n) is 13.8. The van der Waals surface area contributed by atoms with Gasteiger partial charge in [0.25, 0.3) is 0 Å². The van der Waals surface area contributed by atoms with Crippen molar-refractivity contribution in [1.82, 2.24) is 5.32 Å². The molecule has 1 fully saturated rings. The number of hydrogen-bond acceptors (Lipinski definition) is 3. The van der Waals surface area contributed by atoms with E-state index in [0.29, 0.717) is 18.2 Å². The predicted molar refractivity (Wildman–Crippen MR) is 88.7 cm³/mol. The Kier molecular flexibility index (Phi) is 5.58. The minimum Gasteiger partial charge on any atom is -0.374 e. The quantitative estimate of drug-likeness (QED) is 0.723. The Labute approximate surface area is 136 Å². The van der Waals surface area contributed by atoms with Crippen molar-refractivity contribution in [3.63, 3.8) is 0 Å². The number of carbonyl (C=O) groups excluding carboxylic acids is 2. The van der Waals surface area contributed by atoms with Crippen molar-refractivity contribution in [2.75, 3.05) is 17.2 Å². The molecule has 2 amide bonds. The SMILES string of the molecule is CC(C)CNC(=O)[C@@H](C)Nc1ccc(F)c(NC(=O)C2CC2)c1. The average molecular weight is 321 g/mol. The van der Waals surface area contributed by atoms with E-state index in [0.717, 1.165) is 12.8 Å². The van der Waals surface area contributed by atoms with Crippen LogP contribution in [0.1, 0.15) is 33.6 Å². The van der Waals surface area contributed by atoms with Gasteiger partial charge in [0.1, 0.15) is 11.9 Å². The number of anilines is 2. The first-order chi connectivity index (χ1) is 10.9. The molecule has 6 heteroatoms. The molecular formula is C17H24FN3O2. The van der Waals surface area contributed by atoms with Crippen LogP contribution >= 0.6 is 0 Å². The van der Waals surface area contributed by atoms with Crippen LogP contribution in [0.15, 0.2) is 18.2 Å². The fraction of sp³-hybridized carbons (Fsp3) is 0.529. The molecule has 0 spiro atoms. The lowest BCUT2D eigenvalue weighted by Gasteiger charge is -2.17. The molecule has 3 N–H and O–H groups in total. The zero-order chi connectivity index (χ0) is 17.0. The molecule has 1 atom stereocenters. The maximum absolute atomic E-state index is 13.8. The summed E-state index contributed by atoms with van der Waals surface area (Å²) in [7, 11) is 0. The second-order valence-corrected chi connectivity index (χ2v) is 6.46. The summed E-state index contributed by atoms with van der Waals surface area (Å²) in [5.41, 5.74) is 0.728. The van der Waals surface area contributed by atoms with Crippen LogP contribution in [0.25, 0.3) is 0 Å². The predicted octanol–water partition coefficient (Wildman–Crippen LogP) is 2.75. The zero-order valence-corrected chi connectivity index (χ0v) is 13.8. The van der Waals surface area contributed by atoms with Crippen LogP contribution in [0.4, 0.5) is 15.8 Å². The molecule has 2 rings (SSSR count). The van der Waals surface area contributed by atoms with Gasteiger partial charge in [-0.2, -0.15) is 0 Å². The van der Waals surface area contributed by atoms with Gasteiger partial charge >= 0.3 is 0 Å². The summed E-state index contributed by atoms with van der Waals surface area (Å²) in [6.07, 6.45) is 1.72. The summed E-state index contributed by atoms with van der Waals surface area (Å²) < 4.78 is 13.8. The van der Waals surface area contributed by atoms with E-state index in [1.165, 1.54) is 12.1 Å². The first-order valence-electron chi connectivity index (χ1n) is 8.01. The van der Waals surface area contributed by atoms with Gasteiger partial charge in [-0.1, -0.05) is 13.8 Å². The summed E-state index contributed by atoms with van der Waals surface area (Å²) in [6, 6.07) is 3.89. The molecule has 0 unspecified atom stereocenters. The largest absolute Gasteiger partial charge is 0.374 e. The van der Waals surface area contributed by atoms with E-state index in [-0.39, 0.29) is 23.4 Å². The first-order valence-corrected chi connectivity index (χ1v) is 8.01. The number of benzene rings is 1. The van der Waals surface area contributed by atoms with Gasteiger partial charge < -0.3 is 16.0 Å². The molecule has 1 aromatic carbocycles. The van der Waals surface area contributed by atoms with Crippen molar-refractivity contribution in [3.05, 3.63) is 24.0 Å². The van der Waals surface area contributed by atoms with Crippen molar-refractivity contribution in [3.8, 4) is 0 Å². The Hall–Kier alpha value is -2.11. The van der Waals surface area contributed by atoms with Gasteiger partial charge in [0.2, 0.25) is 11.8 Å². The van der Waals surface area contributed by atoms with Crippen LogP contribution in [0, 0.1) is 17.7 Å². The third-order valence-corrected chi connectivity index (χ3v) is 3.63. The first kappa shape index (κ1) is 17.2. The van der Waals surface area contributed by atoms with E-state index in [2.05, 4.69) is 16.0 Å². The van der Waals surface area contributed by atoms with E-state index in [1.54, 1.807) is 13.0 Å². The topological polar surface area (TPSA) is 70.2 Å². The van der Waals surface area contributed by atoms with Crippen LogP contribution in [0.3, 0.4) is 0 Å². The fourth-order valence-corrected chi connectivity index (χ4v) is 2.06. The van der Waals surface area contributed by atoms with Crippen molar-refractivity contribution >= 4 is 23.2 Å². The third-order valence-electron chi connectivity index (χ3n) is 3.63. The molecule has 0 aromatic heterocycles. The van der Waals surface area contributed by atoms with Crippen molar-refractivity contribution in [2.24, 2.45) is 11.8 Å². The van der Waals surface area contributed by atoms with E-state index in [9.17, 15) is 14.0 Å². The molecule has 5 nitrogen and oxygen atoms in total. The lowest BCUT2D eigenvalue weighted by Crippen LogP contribution is -2.39. The molecule has 23 heavy (non-hydrogen) atoms. The lowest BCUT2D eigenvalue weighted by atomic mass is 10.2. The monoisotopic (exact) mass is 321 g/mol. The van der Waals surface area contributed by atoms with Crippen LogP contribution in [0.2, 0.25) is 0 Å². The van der Waals surface area contributed by atoms with Crippen molar-refractivity contribution in [1.29, 1.82) is 0 Å². The molecule has 1 aromatic rings. The normalized spacial score (nSPS) is 15.2. The van der Waals surface area contributed by atoms with Crippen LogP contribution in [0.5, 0.6) is 0 Å². The Morgan fingerprint density at radius 2 is 1.96 bits per heavy atom. The molecule has 1 aliphatic rings. The highest BCUT2D eigenvalue weighted by Crippen LogP contribution is 2.31. The summed E-state index contributed by atoms with van der Waals surface area (Å²) in [6.45, 7) is 6.39. The van der Waals surface area contributed by atoms with Gasteiger partial charge in [0, 0.05) is 18.2 Å². The second kappa shape index (κ2) is 7.44. The Balaban J connectivity index is 1.96. The molecule has 0 aliphatic heterocycles. The van der Waals surface area contributed by atoms with Gasteiger partial charge in [0.05, 0.1) is 5.69 Å². The van der Waals surface area contributed by atoms with Gasteiger partial charge in [-0.15, -0.1) is 0 Å². The van der Waals surface area contributed by atoms with E-state index < -0.39 is 11.9 Å². The van der Waals surface area contributed by atoms with Gasteiger partial charge in [-0.25, -0.2) is 4.39 Å².